The lowest BCUT2D eigenvalue weighted by Gasteiger charge is -2.30. The highest BCUT2D eigenvalue weighted by Gasteiger charge is 2.25. The summed E-state index contributed by atoms with van der Waals surface area (Å²) in [4.78, 5) is 14.7. The molecule has 6 heteroatoms. The average molecular weight is 351 g/mol. The number of nitrogens with one attached hydrogen (secondary N) is 1. The number of anilines is 1. The van der Waals surface area contributed by atoms with E-state index in [1.807, 2.05) is 48.5 Å². The van der Waals surface area contributed by atoms with Crippen LogP contribution in [-0.2, 0) is 11.3 Å². The minimum atomic E-state index is 0.0578. The largest absolute Gasteiger partial charge is 0.461 e. The lowest BCUT2D eigenvalue weighted by Crippen LogP contribution is -2.37. The Morgan fingerprint density at radius 2 is 1.92 bits per heavy atom. The Morgan fingerprint density at radius 3 is 2.65 bits per heavy atom. The number of hydrogen-bond donors (Lipinski definition) is 1. The first-order valence-corrected chi connectivity index (χ1v) is 8.86. The first-order valence-electron chi connectivity index (χ1n) is 8.86. The van der Waals surface area contributed by atoms with E-state index in [0.29, 0.717) is 11.5 Å². The second kappa shape index (κ2) is 7.58. The number of amides is 1. The molecule has 0 bridgehead atoms. The lowest BCUT2D eigenvalue weighted by molar-refractivity contribution is -0.121. The maximum absolute atomic E-state index is 12.4. The fourth-order valence-corrected chi connectivity index (χ4v) is 3.27. The van der Waals surface area contributed by atoms with E-state index in [1.165, 1.54) is 0 Å². The number of carbonyl (C=O) groups excluding carboxylic acids is 1. The van der Waals surface area contributed by atoms with Crippen LogP contribution >= 0.6 is 0 Å². The third kappa shape index (κ3) is 3.86. The molecule has 134 valence electrons. The van der Waals surface area contributed by atoms with Gasteiger partial charge in [-0.25, -0.2) is 0 Å². The Morgan fingerprint density at radius 1 is 1.12 bits per heavy atom. The van der Waals surface area contributed by atoms with Crippen molar-refractivity contribution in [2.75, 3.05) is 18.4 Å². The summed E-state index contributed by atoms with van der Waals surface area (Å²) in [7, 11) is 0. The van der Waals surface area contributed by atoms with Crippen molar-refractivity contribution in [3.05, 3.63) is 60.5 Å². The number of piperidine rings is 1. The van der Waals surface area contributed by atoms with Crippen molar-refractivity contribution in [2.45, 2.75) is 19.4 Å². The summed E-state index contributed by atoms with van der Waals surface area (Å²) in [6.07, 6.45) is 3.31. The molecule has 0 unspecified atom stereocenters. The van der Waals surface area contributed by atoms with Crippen LogP contribution in [0, 0.1) is 5.92 Å². The molecule has 1 amide bonds. The van der Waals surface area contributed by atoms with Gasteiger partial charge in [-0.2, -0.15) is 0 Å². The van der Waals surface area contributed by atoms with Gasteiger partial charge in [0.1, 0.15) is 0 Å². The fourth-order valence-electron chi connectivity index (χ4n) is 3.27. The van der Waals surface area contributed by atoms with E-state index < -0.39 is 0 Å². The zero-order valence-electron chi connectivity index (χ0n) is 14.4. The zero-order valence-corrected chi connectivity index (χ0v) is 14.4. The number of aromatic nitrogens is 1. The summed E-state index contributed by atoms with van der Waals surface area (Å²) in [6.45, 7) is 2.46. The molecular weight excluding hydrogens is 330 g/mol. The summed E-state index contributed by atoms with van der Waals surface area (Å²) in [5.41, 5.74) is 1.73. The van der Waals surface area contributed by atoms with Gasteiger partial charge in [0.25, 0.3) is 0 Å². The number of nitrogens with zero attached hydrogens (tertiary/aromatic N) is 2. The second-order valence-corrected chi connectivity index (χ2v) is 6.57. The molecule has 1 aliphatic rings. The molecule has 3 aromatic rings. The highest BCUT2D eigenvalue weighted by Crippen LogP contribution is 2.24. The minimum absolute atomic E-state index is 0.0578. The Bertz CT molecular complexity index is 834. The van der Waals surface area contributed by atoms with Crippen LogP contribution in [0.4, 0.5) is 5.69 Å². The molecule has 4 rings (SSSR count). The van der Waals surface area contributed by atoms with Gasteiger partial charge in [-0.3, -0.25) is 9.69 Å². The molecule has 1 aliphatic heterocycles. The van der Waals surface area contributed by atoms with Gasteiger partial charge in [-0.1, -0.05) is 23.4 Å². The van der Waals surface area contributed by atoms with E-state index in [9.17, 15) is 4.79 Å². The molecular formula is C20H21N3O3. The van der Waals surface area contributed by atoms with Crippen LogP contribution in [0.15, 0.2) is 63.7 Å². The van der Waals surface area contributed by atoms with Crippen molar-refractivity contribution in [1.29, 1.82) is 0 Å². The summed E-state index contributed by atoms with van der Waals surface area (Å²) < 4.78 is 10.7. The fraction of sp³-hybridized carbons (Fsp3) is 0.300. The number of rotatable bonds is 5. The van der Waals surface area contributed by atoms with Crippen molar-refractivity contribution in [1.82, 2.24) is 10.1 Å². The topological polar surface area (TPSA) is 71.5 Å². The Labute approximate surface area is 151 Å². The maximum Gasteiger partial charge on any atom is 0.227 e. The molecule has 3 heterocycles. The van der Waals surface area contributed by atoms with Gasteiger partial charge in [0.05, 0.1) is 12.0 Å². The summed E-state index contributed by atoms with van der Waals surface area (Å²) >= 11 is 0. The Balaban J connectivity index is 1.28. The van der Waals surface area contributed by atoms with Crippen LogP contribution in [0.25, 0.3) is 11.5 Å². The van der Waals surface area contributed by atoms with Gasteiger partial charge in [-0.05, 0) is 50.2 Å². The normalized spacial score (nSPS) is 15.8. The molecule has 1 fully saturated rings. The predicted molar refractivity (Wildman–Crippen MR) is 97.3 cm³/mol. The number of benzene rings is 1. The van der Waals surface area contributed by atoms with Crippen molar-refractivity contribution < 1.29 is 13.7 Å². The summed E-state index contributed by atoms with van der Waals surface area (Å²) in [6, 6.07) is 15.2. The van der Waals surface area contributed by atoms with E-state index in [-0.39, 0.29) is 11.8 Å². The van der Waals surface area contributed by atoms with Gasteiger partial charge in [0.2, 0.25) is 11.7 Å². The number of furan rings is 1. The molecule has 2 aromatic heterocycles. The smallest absolute Gasteiger partial charge is 0.227 e. The van der Waals surface area contributed by atoms with E-state index in [4.69, 9.17) is 8.94 Å². The number of hydrogen-bond acceptors (Lipinski definition) is 5. The summed E-state index contributed by atoms with van der Waals surface area (Å²) in [5.74, 6) is 1.49. The van der Waals surface area contributed by atoms with Gasteiger partial charge in [0, 0.05) is 24.2 Å². The number of para-hydroxylation sites is 1. The molecule has 0 radical (unpaired) electrons. The third-order valence-corrected chi connectivity index (χ3v) is 4.71. The van der Waals surface area contributed by atoms with Gasteiger partial charge in [-0.15, -0.1) is 0 Å². The van der Waals surface area contributed by atoms with Crippen molar-refractivity contribution in [3.8, 4) is 11.5 Å². The first kappa shape index (κ1) is 16.6. The molecule has 0 saturated carbocycles. The standard InChI is InChI=1S/C20H21N3O3/c24-20(21-16-5-2-1-3-6-16)15-8-10-23(11-9-15)14-17-13-19(26-22-17)18-7-4-12-25-18/h1-7,12-13,15H,8-11,14H2,(H,21,24). The van der Waals surface area contributed by atoms with Gasteiger partial charge < -0.3 is 14.3 Å². The van der Waals surface area contributed by atoms with E-state index in [1.54, 1.807) is 6.26 Å². The van der Waals surface area contributed by atoms with E-state index in [2.05, 4.69) is 15.4 Å². The van der Waals surface area contributed by atoms with Crippen molar-refractivity contribution in [2.24, 2.45) is 5.92 Å². The Hall–Kier alpha value is -2.86. The van der Waals surface area contributed by atoms with Crippen LogP contribution in [0.3, 0.4) is 0 Å². The SMILES string of the molecule is O=C(Nc1ccccc1)C1CCN(Cc2cc(-c3ccco3)on2)CC1. The maximum atomic E-state index is 12.4. The van der Waals surface area contributed by atoms with Crippen LogP contribution in [0.5, 0.6) is 0 Å². The quantitative estimate of drug-likeness (QED) is 0.757. The van der Waals surface area contributed by atoms with E-state index >= 15 is 0 Å². The highest BCUT2D eigenvalue weighted by molar-refractivity contribution is 5.92. The molecule has 0 aliphatic carbocycles. The minimum Gasteiger partial charge on any atom is -0.461 e. The molecule has 1 aromatic carbocycles. The molecule has 0 atom stereocenters. The van der Waals surface area contributed by atoms with Crippen molar-refractivity contribution in [3.63, 3.8) is 0 Å². The second-order valence-electron chi connectivity index (χ2n) is 6.57. The summed E-state index contributed by atoms with van der Waals surface area (Å²) in [5, 5.41) is 7.12. The zero-order chi connectivity index (χ0) is 17.8. The monoisotopic (exact) mass is 351 g/mol. The highest BCUT2D eigenvalue weighted by atomic mass is 16.5. The van der Waals surface area contributed by atoms with Gasteiger partial charge in [0.15, 0.2) is 5.76 Å². The number of likely N-dealkylation sites (tertiary alicyclic amines) is 1. The van der Waals surface area contributed by atoms with Crippen LogP contribution in [0.1, 0.15) is 18.5 Å². The molecule has 0 spiro atoms. The molecule has 1 saturated heterocycles. The lowest BCUT2D eigenvalue weighted by atomic mass is 9.95. The van der Waals surface area contributed by atoms with Crippen LogP contribution in [-0.4, -0.2) is 29.1 Å². The van der Waals surface area contributed by atoms with E-state index in [0.717, 1.165) is 43.9 Å². The van der Waals surface area contributed by atoms with Gasteiger partial charge >= 0.3 is 0 Å². The third-order valence-electron chi connectivity index (χ3n) is 4.71. The number of carbonyl (C=O) groups is 1. The van der Waals surface area contributed by atoms with Crippen LogP contribution in [0.2, 0.25) is 0 Å². The predicted octanol–water partition coefficient (Wildman–Crippen LogP) is 3.79. The first-order chi connectivity index (χ1) is 12.8. The molecule has 1 N–H and O–H groups in total. The average Bonchev–Trinajstić information content (AvgIpc) is 3.35. The molecule has 6 nitrogen and oxygen atoms in total. The Kier molecular flexibility index (Phi) is 4.84. The van der Waals surface area contributed by atoms with Crippen molar-refractivity contribution >= 4 is 11.6 Å². The molecule has 26 heavy (non-hydrogen) atoms. The van der Waals surface area contributed by atoms with Crippen LogP contribution < -0.4 is 5.32 Å².